The molecule has 0 aromatic heterocycles. The number of carbonyl (C=O) groups is 2. The summed E-state index contributed by atoms with van der Waals surface area (Å²) in [4.78, 5) is 28.6. The van der Waals surface area contributed by atoms with Gasteiger partial charge in [0.2, 0.25) is 5.91 Å². The lowest BCUT2D eigenvalue weighted by molar-refractivity contribution is -0.162. The van der Waals surface area contributed by atoms with E-state index in [1.165, 1.54) is 57.8 Å². The molecule has 3 rings (SSSR count). The van der Waals surface area contributed by atoms with Gasteiger partial charge in [0.25, 0.3) is 0 Å². The Morgan fingerprint density at radius 2 is 1.59 bits per heavy atom. The van der Waals surface area contributed by atoms with Crippen LogP contribution >= 0.6 is 0 Å². The molecular weight excluding hydrogens is 470 g/mol. The van der Waals surface area contributed by atoms with Crippen molar-refractivity contribution in [1.82, 2.24) is 15.1 Å². The van der Waals surface area contributed by atoms with Crippen molar-refractivity contribution in [2.45, 2.75) is 83.5 Å². The Bertz CT molecular complexity index is 749. The molecule has 1 atom stereocenters. The number of ether oxygens (including phenoxy) is 3. The van der Waals surface area contributed by atoms with Crippen molar-refractivity contribution in [1.29, 1.82) is 0 Å². The third-order valence-corrected chi connectivity index (χ3v) is 7.13. The minimum atomic E-state index is -0.561. The summed E-state index contributed by atoms with van der Waals surface area (Å²) < 4.78 is 16.6. The van der Waals surface area contributed by atoms with Gasteiger partial charge in [0, 0.05) is 39.4 Å². The summed E-state index contributed by atoms with van der Waals surface area (Å²) in [7, 11) is 0. The van der Waals surface area contributed by atoms with Crippen LogP contribution in [0.2, 0.25) is 0 Å². The summed E-state index contributed by atoms with van der Waals surface area (Å²) in [5, 5.41) is 2.57. The van der Waals surface area contributed by atoms with Gasteiger partial charge in [0.15, 0.2) is 6.29 Å². The number of amides is 2. The second-order valence-corrected chi connectivity index (χ2v) is 10.1. The first kappa shape index (κ1) is 29.4. The SMILES string of the molecule is O=C(NCC(=O)N1CCN(CCCCCCCCCCOC2CCCCO2)CC1)OCc1ccccc1. The lowest BCUT2D eigenvalue weighted by atomic mass is 10.1. The van der Waals surface area contributed by atoms with Crippen LogP contribution in [-0.2, 0) is 25.6 Å². The van der Waals surface area contributed by atoms with Crippen LogP contribution in [0.3, 0.4) is 0 Å². The number of nitrogens with zero attached hydrogens (tertiary/aromatic N) is 2. The zero-order chi connectivity index (χ0) is 26.0. The van der Waals surface area contributed by atoms with Gasteiger partial charge >= 0.3 is 6.09 Å². The molecule has 1 aromatic rings. The van der Waals surface area contributed by atoms with Crippen molar-refractivity contribution < 1.29 is 23.8 Å². The van der Waals surface area contributed by atoms with Gasteiger partial charge in [-0.05, 0) is 44.2 Å². The number of unbranched alkanes of at least 4 members (excludes halogenated alkanes) is 7. The van der Waals surface area contributed by atoms with E-state index in [-0.39, 0.29) is 25.3 Å². The smallest absolute Gasteiger partial charge is 0.407 e. The van der Waals surface area contributed by atoms with E-state index in [0.29, 0.717) is 0 Å². The molecule has 2 fully saturated rings. The molecule has 8 heteroatoms. The average molecular weight is 518 g/mol. The largest absolute Gasteiger partial charge is 0.445 e. The zero-order valence-corrected chi connectivity index (χ0v) is 22.5. The fourth-order valence-electron chi connectivity index (χ4n) is 4.81. The van der Waals surface area contributed by atoms with E-state index in [9.17, 15) is 9.59 Å². The molecule has 0 bridgehead atoms. The number of rotatable bonds is 16. The van der Waals surface area contributed by atoms with Crippen LogP contribution in [0.15, 0.2) is 30.3 Å². The van der Waals surface area contributed by atoms with Crippen LogP contribution < -0.4 is 5.32 Å². The van der Waals surface area contributed by atoms with E-state index in [1.807, 2.05) is 35.2 Å². The number of piperazine rings is 1. The third-order valence-electron chi connectivity index (χ3n) is 7.13. The van der Waals surface area contributed by atoms with Crippen LogP contribution in [0.4, 0.5) is 4.79 Å². The Balaban J connectivity index is 1.09. The van der Waals surface area contributed by atoms with Crippen LogP contribution in [0.5, 0.6) is 0 Å². The predicted octanol–water partition coefficient (Wildman–Crippen LogP) is 4.72. The molecule has 2 aliphatic rings. The van der Waals surface area contributed by atoms with Crippen molar-refractivity contribution in [3.63, 3.8) is 0 Å². The topological polar surface area (TPSA) is 80.3 Å². The molecule has 2 aliphatic heterocycles. The molecule has 1 N–H and O–H groups in total. The molecule has 37 heavy (non-hydrogen) atoms. The Kier molecular flexibility index (Phi) is 14.4. The Hall–Kier alpha value is -2.16. The zero-order valence-electron chi connectivity index (χ0n) is 22.5. The number of benzene rings is 1. The lowest BCUT2D eigenvalue weighted by Gasteiger charge is -2.34. The number of nitrogens with one attached hydrogen (secondary N) is 1. The summed E-state index contributed by atoms with van der Waals surface area (Å²) in [6, 6.07) is 9.50. The van der Waals surface area contributed by atoms with E-state index in [0.717, 1.165) is 64.3 Å². The molecule has 0 spiro atoms. The molecule has 2 heterocycles. The molecule has 2 saturated heterocycles. The van der Waals surface area contributed by atoms with Gasteiger partial charge in [-0.15, -0.1) is 0 Å². The number of hydrogen-bond acceptors (Lipinski definition) is 6. The Morgan fingerprint density at radius 1 is 0.892 bits per heavy atom. The maximum atomic E-state index is 12.4. The number of carbonyl (C=O) groups excluding carboxylic acids is 2. The Morgan fingerprint density at radius 3 is 2.30 bits per heavy atom. The summed E-state index contributed by atoms with van der Waals surface area (Å²) in [6.45, 7) is 6.21. The van der Waals surface area contributed by atoms with Gasteiger partial charge in [-0.25, -0.2) is 4.79 Å². The molecule has 0 aliphatic carbocycles. The molecule has 1 unspecified atom stereocenters. The first-order chi connectivity index (χ1) is 18.2. The van der Waals surface area contributed by atoms with Crippen LogP contribution in [0, 0.1) is 0 Å². The van der Waals surface area contributed by atoms with Crippen molar-refractivity contribution in [3.8, 4) is 0 Å². The molecule has 0 saturated carbocycles. The van der Waals surface area contributed by atoms with Crippen molar-refractivity contribution in [2.24, 2.45) is 0 Å². The Labute approximate surface area is 223 Å². The lowest BCUT2D eigenvalue weighted by Crippen LogP contribution is -2.51. The minimum Gasteiger partial charge on any atom is -0.445 e. The van der Waals surface area contributed by atoms with E-state index < -0.39 is 6.09 Å². The van der Waals surface area contributed by atoms with Crippen LogP contribution in [0.1, 0.15) is 76.2 Å². The fraction of sp³-hybridized carbons (Fsp3) is 0.724. The van der Waals surface area contributed by atoms with E-state index in [2.05, 4.69) is 10.2 Å². The highest BCUT2D eigenvalue weighted by molar-refractivity contribution is 5.82. The molecule has 0 radical (unpaired) electrons. The van der Waals surface area contributed by atoms with E-state index >= 15 is 0 Å². The molecule has 8 nitrogen and oxygen atoms in total. The van der Waals surface area contributed by atoms with Gasteiger partial charge < -0.3 is 24.4 Å². The first-order valence-electron chi connectivity index (χ1n) is 14.4. The van der Waals surface area contributed by atoms with Gasteiger partial charge in [-0.1, -0.05) is 68.9 Å². The highest BCUT2D eigenvalue weighted by Crippen LogP contribution is 2.15. The molecule has 2 amide bonds. The molecule has 208 valence electrons. The maximum Gasteiger partial charge on any atom is 0.407 e. The highest BCUT2D eigenvalue weighted by atomic mass is 16.7. The average Bonchev–Trinajstić information content (AvgIpc) is 2.95. The van der Waals surface area contributed by atoms with E-state index in [1.54, 1.807) is 0 Å². The normalized spacial score (nSPS) is 18.5. The van der Waals surface area contributed by atoms with Gasteiger partial charge in [-0.3, -0.25) is 9.69 Å². The summed E-state index contributed by atoms with van der Waals surface area (Å²) in [6.07, 6.45) is 13.1. The van der Waals surface area contributed by atoms with Crippen LogP contribution in [-0.4, -0.2) is 80.6 Å². The second-order valence-electron chi connectivity index (χ2n) is 10.1. The van der Waals surface area contributed by atoms with Crippen molar-refractivity contribution in [3.05, 3.63) is 35.9 Å². The molecule has 1 aromatic carbocycles. The maximum absolute atomic E-state index is 12.4. The van der Waals surface area contributed by atoms with Crippen molar-refractivity contribution in [2.75, 3.05) is 52.5 Å². The summed E-state index contributed by atoms with van der Waals surface area (Å²) in [5.74, 6) is -0.0507. The highest BCUT2D eigenvalue weighted by Gasteiger charge is 2.21. The van der Waals surface area contributed by atoms with Gasteiger partial charge in [-0.2, -0.15) is 0 Å². The van der Waals surface area contributed by atoms with Gasteiger partial charge in [0.1, 0.15) is 13.2 Å². The standard InChI is InChI=1S/C29H47N3O5/c33-27(24-30-29(34)37-25-26-14-8-7-9-15-26)32-20-18-31(19-21-32)17-11-5-3-1-2-4-6-12-22-35-28-16-10-13-23-36-28/h7-9,14-15,28H,1-6,10-13,16-25H2,(H,30,34). The predicted molar refractivity (Wildman–Crippen MR) is 144 cm³/mol. The number of hydrogen-bond donors (Lipinski definition) is 1. The molecular formula is C29H47N3O5. The van der Waals surface area contributed by atoms with Crippen molar-refractivity contribution >= 4 is 12.0 Å². The van der Waals surface area contributed by atoms with Crippen LogP contribution in [0.25, 0.3) is 0 Å². The summed E-state index contributed by atoms with van der Waals surface area (Å²) in [5.41, 5.74) is 0.919. The first-order valence-corrected chi connectivity index (χ1v) is 14.4. The fourth-order valence-corrected chi connectivity index (χ4v) is 4.81. The number of alkyl carbamates (subject to hydrolysis) is 1. The quantitative estimate of drug-likeness (QED) is 0.320. The van der Waals surface area contributed by atoms with Gasteiger partial charge in [0.05, 0.1) is 0 Å². The minimum absolute atomic E-state index is 0.0183. The summed E-state index contributed by atoms with van der Waals surface area (Å²) >= 11 is 0. The second kappa shape index (κ2) is 18.2. The monoisotopic (exact) mass is 517 g/mol. The van der Waals surface area contributed by atoms with E-state index in [4.69, 9.17) is 14.2 Å². The third kappa shape index (κ3) is 12.8.